The topological polar surface area (TPSA) is 49.4 Å². The van der Waals surface area contributed by atoms with E-state index in [1.54, 1.807) is 17.0 Å². The van der Waals surface area contributed by atoms with Crippen molar-refractivity contribution in [2.45, 2.75) is 53.1 Å². The number of benzene rings is 2. The molecule has 156 valence electrons. The number of hydrogen-bond acceptors (Lipinski definition) is 2. The first-order chi connectivity index (χ1) is 13.8. The molecule has 2 amide bonds. The molecule has 0 heterocycles. The van der Waals surface area contributed by atoms with E-state index < -0.39 is 6.04 Å². The molecule has 0 radical (unpaired) electrons. The van der Waals surface area contributed by atoms with Gasteiger partial charge in [0.2, 0.25) is 11.8 Å². The van der Waals surface area contributed by atoms with E-state index in [1.807, 2.05) is 52.0 Å². The van der Waals surface area contributed by atoms with Gasteiger partial charge in [-0.25, -0.2) is 4.39 Å². The predicted molar refractivity (Wildman–Crippen MR) is 114 cm³/mol. The lowest BCUT2D eigenvalue weighted by molar-refractivity contribution is -0.141. The largest absolute Gasteiger partial charge is 0.354 e. The number of amides is 2. The normalized spacial score (nSPS) is 11.9. The van der Waals surface area contributed by atoms with Gasteiger partial charge in [-0.1, -0.05) is 57.2 Å². The smallest absolute Gasteiger partial charge is 0.242 e. The van der Waals surface area contributed by atoms with E-state index in [9.17, 15) is 14.0 Å². The number of nitrogens with one attached hydrogen (secondary N) is 1. The van der Waals surface area contributed by atoms with Crippen molar-refractivity contribution in [1.29, 1.82) is 0 Å². The van der Waals surface area contributed by atoms with Crippen LogP contribution >= 0.6 is 0 Å². The molecule has 1 atom stereocenters. The summed E-state index contributed by atoms with van der Waals surface area (Å²) in [5.41, 5.74) is 2.81. The van der Waals surface area contributed by atoms with Gasteiger partial charge in [0.25, 0.3) is 0 Å². The maximum atomic E-state index is 13.2. The highest BCUT2D eigenvalue weighted by Gasteiger charge is 2.28. The molecule has 0 bridgehead atoms. The van der Waals surface area contributed by atoms with Crippen molar-refractivity contribution in [3.8, 4) is 0 Å². The van der Waals surface area contributed by atoms with Crippen LogP contribution in [0.25, 0.3) is 0 Å². The van der Waals surface area contributed by atoms with Crippen molar-refractivity contribution in [3.05, 3.63) is 71.0 Å². The zero-order valence-corrected chi connectivity index (χ0v) is 17.7. The fourth-order valence-electron chi connectivity index (χ4n) is 3.19. The van der Waals surface area contributed by atoms with Crippen LogP contribution in [-0.4, -0.2) is 29.3 Å². The lowest BCUT2D eigenvalue weighted by atomic mass is 10.0. The van der Waals surface area contributed by atoms with E-state index in [0.29, 0.717) is 25.4 Å². The Morgan fingerprint density at radius 1 is 1.07 bits per heavy atom. The first-order valence-electron chi connectivity index (χ1n) is 10.2. The van der Waals surface area contributed by atoms with Crippen LogP contribution in [0.4, 0.5) is 4.39 Å². The second-order valence-corrected chi connectivity index (χ2v) is 7.81. The molecule has 0 aliphatic carbocycles. The summed E-state index contributed by atoms with van der Waals surface area (Å²) >= 11 is 0. The molecule has 2 rings (SSSR count). The number of carbonyl (C=O) groups is 2. The number of rotatable bonds is 9. The molecule has 4 nitrogen and oxygen atoms in total. The third-order valence-corrected chi connectivity index (χ3v) is 4.94. The maximum absolute atomic E-state index is 13.2. The molecule has 2 aromatic rings. The third kappa shape index (κ3) is 6.70. The molecule has 5 heteroatoms. The highest BCUT2D eigenvalue weighted by molar-refractivity contribution is 5.88. The van der Waals surface area contributed by atoms with Crippen LogP contribution in [-0.2, 0) is 22.6 Å². The molecular weight excluding hydrogens is 367 g/mol. The van der Waals surface area contributed by atoms with Crippen LogP contribution in [0.1, 0.15) is 43.9 Å². The Hall–Kier alpha value is -2.69. The van der Waals surface area contributed by atoms with Crippen molar-refractivity contribution < 1.29 is 14.0 Å². The minimum Gasteiger partial charge on any atom is -0.354 e. The first-order valence-corrected chi connectivity index (χ1v) is 10.2. The first kappa shape index (κ1) is 22.6. The van der Waals surface area contributed by atoms with Gasteiger partial charge in [-0.05, 0) is 48.1 Å². The summed E-state index contributed by atoms with van der Waals surface area (Å²) in [5, 5.41) is 2.96. The highest BCUT2D eigenvalue weighted by atomic mass is 19.1. The number of aryl methyl sites for hydroxylation is 1. The van der Waals surface area contributed by atoms with Gasteiger partial charge in [0.1, 0.15) is 11.9 Å². The fourth-order valence-corrected chi connectivity index (χ4v) is 3.19. The van der Waals surface area contributed by atoms with Gasteiger partial charge in [-0.3, -0.25) is 9.59 Å². The summed E-state index contributed by atoms with van der Waals surface area (Å²) in [5.74, 6) is -0.290. The number of hydrogen-bond donors (Lipinski definition) is 1. The molecule has 0 fully saturated rings. The van der Waals surface area contributed by atoms with Crippen LogP contribution in [0.3, 0.4) is 0 Å². The fraction of sp³-hybridized carbons (Fsp3) is 0.417. The van der Waals surface area contributed by atoms with Crippen LogP contribution in [0.2, 0.25) is 0 Å². The quantitative estimate of drug-likeness (QED) is 0.686. The Balaban J connectivity index is 2.27. The van der Waals surface area contributed by atoms with E-state index >= 15 is 0 Å². The zero-order chi connectivity index (χ0) is 21.4. The summed E-state index contributed by atoms with van der Waals surface area (Å²) in [6.45, 7) is 8.91. The number of halogens is 1. The number of carbonyl (C=O) groups excluding carboxylic acids is 2. The van der Waals surface area contributed by atoms with Crippen molar-refractivity contribution in [2.24, 2.45) is 5.92 Å². The monoisotopic (exact) mass is 398 g/mol. The Morgan fingerprint density at radius 2 is 1.72 bits per heavy atom. The molecule has 0 unspecified atom stereocenters. The van der Waals surface area contributed by atoms with Crippen molar-refractivity contribution >= 4 is 11.8 Å². The third-order valence-electron chi connectivity index (χ3n) is 4.94. The van der Waals surface area contributed by atoms with Crippen LogP contribution in [0.5, 0.6) is 0 Å². The molecule has 2 aromatic carbocycles. The van der Waals surface area contributed by atoms with Gasteiger partial charge in [0.15, 0.2) is 0 Å². The van der Waals surface area contributed by atoms with Gasteiger partial charge >= 0.3 is 0 Å². The Kier molecular flexibility index (Phi) is 8.37. The number of nitrogens with zero attached hydrogens (tertiary/aromatic N) is 1. The van der Waals surface area contributed by atoms with Crippen LogP contribution in [0, 0.1) is 18.7 Å². The Bertz CT molecular complexity index is 818. The minimum atomic E-state index is -0.554. The van der Waals surface area contributed by atoms with Crippen LogP contribution in [0.15, 0.2) is 48.5 Å². The molecule has 0 saturated heterocycles. The average molecular weight is 399 g/mol. The van der Waals surface area contributed by atoms with Crippen molar-refractivity contribution in [2.75, 3.05) is 6.54 Å². The molecule has 0 aliphatic rings. The van der Waals surface area contributed by atoms with Crippen molar-refractivity contribution in [3.63, 3.8) is 0 Å². The van der Waals surface area contributed by atoms with Crippen LogP contribution < -0.4 is 5.32 Å². The summed E-state index contributed by atoms with van der Waals surface area (Å²) in [6, 6.07) is 13.2. The minimum absolute atomic E-state index is 0.125. The van der Waals surface area contributed by atoms with Gasteiger partial charge < -0.3 is 10.2 Å². The van der Waals surface area contributed by atoms with Crippen molar-refractivity contribution in [1.82, 2.24) is 10.2 Å². The molecule has 0 saturated carbocycles. The van der Waals surface area contributed by atoms with Gasteiger partial charge in [0, 0.05) is 13.1 Å². The molecule has 0 aliphatic heterocycles. The van der Waals surface area contributed by atoms with Gasteiger partial charge in [0.05, 0.1) is 6.42 Å². The van der Waals surface area contributed by atoms with E-state index in [-0.39, 0.29) is 24.1 Å². The summed E-state index contributed by atoms with van der Waals surface area (Å²) < 4.78 is 13.2. The lowest BCUT2D eigenvalue weighted by Crippen LogP contribution is -2.50. The Labute approximate surface area is 173 Å². The summed E-state index contributed by atoms with van der Waals surface area (Å²) in [7, 11) is 0. The maximum Gasteiger partial charge on any atom is 0.242 e. The zero-order valence-electron chi connectivity index (χ0n) is 17.7. The molecule has 0 aromatic heterocycles. The second kappa shape index (κ2) is 10.7. The average Bonchev–Trinajstić information content (AvgIpc) is 2.69. The second-order valence-electron chi connectivity index (χ2n) is 7.81. The summed E-state index contributed by atoms with van der Waals surface area (Å²) in [6.07, 6.45) is 0.644. The van der Waals surface area contributed by atoms with E-state index in [4.69, 9.17) is 0 Å². The molecule has 1 N–H and O–H groups in total. The molecule has 0 spiro atoms. The van der Waals surface area contributed by atoms with E-state index in [0.717, 1.165) is 16.7 Å². The predicted octanol–water partition coefficient (Wildman–Crippen LogP) is 4.26. The van der Waals surface area contributed by atoms with E-state index in [1.165, 1.54) is 12.1 Å². The summed E-state index contributed by atoms with van der Waals surface area (Å²) in [4.78, 5) is 27.7. The van der Waals surface area contributed by atoms with E-state index in [2.05, 4.69) is 5.32 Å². The van der Waals surface area contributed by atoms with Gasteiger partial charge in [-0.2, -0.15) is 0 Å². The highest BCUT2D eigenvalue weighted by Crippen LogP contribution is 2.17. The van der Waals surface area contributed by atoms with Gasteiger partial charge in [-0.15, -0.1) is 0 Å². The SMILES string of the molecule is CC[C@H](C(=O)NCC(C)C)N(Cc1ccccc1C)C(=O)Cc1ccc(F)cc1. The lowest BCUT2D eigenvalue weighted by Gasteiger charge is -2.31. The molecular formula is C24H31FN2O2. The standard InChI is InChI=1S/C24H31FN2O2/c1-5-22(24(29)26-15-17(2)3)27(16-20-9-7-6-8-18(20)4)23(28)14-19-10-12-21(25)13-11-19/h6-13,17,22H,5,14-16H2,1-4H3,(H,26,29)/t22-/m1/s1. The molecule has 29 heavy (non-hydrogen) atoms. The Morgan fingerprint density at radius 3 is 2.31 bits per heavy atom.